The number of hydrogen-bond donors (Lipinski definition) is 0. The van der Waals surface area contributed by atoms with Crippen molar-refractivity contribution in [3.05, 3.63) is 22.8 Å². The summed E-state index contributed by atoms with van der Waals surface area (Å²) in [6.45, 7) is 12.3. The molecule has 4 atom stereocenters. The Bertz CT molecular complexity index is 451. The van der Waals surface area contributed by atoms with E-state index in [1.54, 1.807) is 11.1 Å². The van der Waals surface area contributed by atoms with Gasteiger partial charge in [0.1, 0.15) is 0 Å². The predicted molar refractivity (Wildman–Crippen MR) is 87.6 cm³/mol. The molecular weight excluding hydrogens is 240 g/mol. The van der Waals surface area contributed by atoms with Crippen molar-refractivity contribution < 1.29 is 0 Å². The minimum Gasteiger partial charge on any atom is -0.0781 e. The van der Waals surface area contributed by atoms with Crippen LogP contribution in [0.5, 0.6) is 0 Å². The van der Waals surface area contributed by atoms with E-state index in [0.717, 1.165) is 23.7 Å². The highest BCUT2D eigenvalue weighted by Gasteiger charge is 2.51. The van der Waals surface area contributed by atoms with Gasteiger partial charge in [0.25, 0.3) is 0 Å². The molecule has 0 aromatic heterocycles. The quantitative estimate of drug-likeness (QED) is 0.503. The molecule has 0 aromatic rings. The molecule has 3 rings (SSSR count). The van der Waals surface area contributed by atoms with Crippen LogP contribution in [0.1, 0.15) is 73.1 Å². The Hall–Kier alpha value is -0.520. The molecule has 20 heavy (non-hydrogen) atoms. The topological polar surface area (TPSA) is 0 Å². The summed E-state index contributed by atoms with van der Waals surface area (Å²) in [5.41, 5.74) is 5.78. The number of fused-ring (bicyclic) bond motifs is 3. The molecule has 0 spiro atoms. The Morgan fingerprint density at radius 1 is 1.10 bits per heavy atom. The van der Waals surface area contributed by atoms with Crippen molar-refractivity contribution in [2.24, 2.45) is 29.1 Å². The summed E-state index contributed by atoms with van der Waals surface area (Å²) >= 11 is 0. The fourth-order valence-electron chi connectivity index (χ4n) is 5.81. The first kappa shape index (κ1) is 14.4. The summed E-state index contributed by atoms with van der Waals surface area (Å²) in [5.74, 6) is 3.48. The van der Waals surface area contributed by atoms with E-state index >= 15 is 0 Å². The van der Waals surface area contributed by atoms with Gasteiger partial charge in [-0.1, -0.05) is 43.6 Å². The van der Waals surface area contributed by atoms with Gasteiger partial charge in [-0.3, -0.25) is 0 Å². The van der Waals surface area contributed by atoms with Crippen molar-refractivity contribution >= 4 is 0 Å². The van der Waals surface area contributed by atoms with Crippen molar-refractivity contribution in [3.63, 3.8) is 0 Å². The van der Waals surface area contributed by atoms with Crippen molar-refractivity contribution in [2.75, 3.05) is 0 Å². The summed E-state index contributed by atoms with van der Waals surface area (Å²) in [6.07, 6.45) is 11.0. The normalized spacial score (nSPS) is 41.3. The monoisotopic (exact) mass is 272 g/mol. The Balaban J connectivity index is 2.02. The van der Waals surface area contributed by atoms with Crippen molar-refractivity contribution in [3.8, 4) is 0 Å². The average molecular weight is 272 g/mol. The van der Waals surface area contributed by atoms with Crippen LogP contribution in [0, 0.1) is 29.1 Å². The van der Waals surface area contributed by atoms with Gasteiger partial charge in [0.15, 0.2) is 0 Å². The maximum absolute atomic E-state index is 2.65. The van der Waals surface area contributed by atoms with Gasteiger partial charge in [-0.15, -0.1) is 0 Å². The fourth-order valence-corrected chi connectivity index (χ4v) is 5.81. The number of allylic oxidation sites excluding steroid dienone is 4. The number of hydrogen-bond acceptors (Lipinski definition) is 0. The van der Waals surface area contributed by atoms with Crippen LogP contribution in [0.25, 0.3) is 0 Å². The molecule has 3 aliphatic rings. The van der Waals surface area contributed by atoms with Crippen LogP contribution in [0.15, 0.2) is 22.8 Å². The minimum atomic E-state index is 0.579. The molecule has 0 aliphatic heterocycles. The molecule has 0 nitrogen and oxygen atoms in total. The van der Waals surface area contributed by atoms with E-state index in [2.05, 4.69) is 40.7 Å². The SMILES string of the molecule is CC1=C[C@H]2C(=C(C)CC[C@@]3(C)[C@@H](C(C)C)CC[C@H]23)CC1. The molecule has 0 N–H and O–H groups in total. The first-order valence-corrected chi connectivity index (χ1v) is 8.79. The predicted octanol–water partition coefficient (Wildman–Crippen LogP) is 6.14. The zero-order valence-electron chi connectivity index (χ0n) is 14.1. The van der Waals surface area contributed by atoms with E-state index in [1.165, 1.54) is 38.5 Å². The van der Waals surface area contributed by atoms with Crippen LogP contribution >= 0.6 is 0 Å². The van der Waals surface area contributed by atoms with Crippen LogP contribution in [-0.2, 0) is 0 Å². The molecular formula is C20H32. The van der Waals surface area contributed by atoms with Crippen molar-refractivity contribution in [1.29, 1.82) is 0 Å². The third-order valence-electron chi connectivity index (χ3n) is 6.96. The Morgan fingerprint density at radius 2 is 1.85 bits per heavy atom. The van der Waals surface area contributed by atoms with Crippen LogP contribution in [-0.4, -0.2) is 0 Å². The lowest BCUT2D eigenvalue weighted by molar-refractivity contribution is 0.0964. The highest BCUT2D eigenvalue weighted by molar-refractivity contribution is 5.31. The Labute approximate surface area is 125 Å². The smallest absolute Gasteiger partial charge is 0.00156 e. The molecule has 112 valence electrons. The van der Waals surface area contributed by atoms with Gasteiger partial charge in [0.2, 0.25) is 0 Å². The van der Waals surface area contributed by atoms with E-state index in [-0.39, 0.29) is 0 Å². The second kappa shape index (κ2) is 5.04. The molecule has 0 aromatic carbocycles. The maximum atomic E-state index is 2.65. The second-order valence-electron chi connectivity index (χ2n) is 8.38. The van der Waals surface area contributed by atoms with Gasteiger partial charge in [-0.25, -0.2) is 0 Å². The summed E-state index contributed by atoms with van der Waals surface area (Å²) < 4.78 is 0. The van der Waals surface area contributed by atoms with E-state index in [0.29, 0.717) is 5.41 Å². The van der Waals surface area contributed by atoms with Crippen molar-refractivity contribution in [2.45, 2.75) is 73.1 Å². The van der Waals surface area contributed by atoms with Crippen LogP contribution in [0.2, 0.25) is 0 Å². The lowest BCUT2D eigenvalue weighted by Gasteiger charge is -2.42. The summed E-state index contributed by atoms with van der Waals surface area (Å²) in [5, 5.41) is 0. The highest BCUT2D eigenvalue weighted by Crippen LogP contribution is 2.60. The summed E-state index contributed by atoms with van der Waals surface area (Å²) in [7, 11) is 0. The third-order valence-corrected chi connectivity index (χ3v) is 6.96. The minimum absolute atomic E-state index is 0.579. The lowest BCUT2D eigenvalue weighted by atomic mass is 9.63. The van der Waals surface area contributed by atoms with E-state index < -0.39 is 0 Å². The van der Waals surface area contributed by atoms with E-state index in [4.69, 9.17) is 0 Å². The van der Waals surface area contributed by atoms with Gasteiger partial charge in [-0.05, 0) is 75.5 Å². The van der Waals surface area contributed by atoms with Gasteiger partial charge < -0.3 is 0 Å². The molecule has 0 heterocycles. The molecule has 0 heteroatoms. The van der Waals surface area contributed by atoms with Gasteiger partial charge >= 0.3 is 0 Å². The summed E-state index contributed by atoms with van der Waals surface area (Å²) in [6, 6.07) is 0. The van der Waals surface area contributed by atoms with Crippen LogP contribution < -0.4 is 0 Å². The lowest BCUT2D eigenvalue weighted by Crippen LogP contribution is -2.35. The fraction of sp³-hybridized carbons (Fsp3) is 0.800. The van der Waals surface area contributed by atoms with Crippen molar-refractivity contribution in [1.82, 2.24) is 0 Å². The van der Waals surface area contributed by atoms with Gasteiger partial charge in [0.05, 0.1) is 0 Å². The molecule has 3 aliphatic carbocycles. The molecule has 0 unspecified atom stereocenters. The molecule has 0 bridgehead atoms. The third kappa shape index (κ3) is 2.11. The van der Waals surface area contributed by atoms with Crippen LogP contribution in [0.4, 0.5) is 0 Å². The second-order valence-corrected chi connectivity index (χ2v) is 8.38. The molecule has 0 saturated heterocycles. The molecule has 0 amide bonds. The zero-order chi connectivity index (χ0) is 14.5. The first-order chi connectivity index (χ1) is 9.43. The van der Waals surface area contributed by atoms with E-state index in [9.17, 15) is 0 Å². The Kier molecular flexibility index (Phi) is 3.63. The summed E-state index contributed by atoms with van der Waals surface area (Å²) in [4.78, 5) is 0. The largest absolute Gasteiger partial charge is 0.0781 e. The van der Waals surface area contributed by atoms with Gasteiger partial charge in [-0.2, -0.15) is 0 Å². The number of rotatable bonds is 1. The van der Waals surface area contributed by atoms with Gasteiger partial charge in [0, 0.05) is 5.92 Å². The molecule has 1 saturated carbocycles. The Morgan fingerprint density at radius 3 is 2.55 bits per heavy atom. The van der Waals surface area contributed by atoms with Crippen LogP contribution in [0.3, 0.4) is 0 Å². The molecule has 1 fully saturated rings. The maximum Gasteiger partial charge on any atom is 0.00156 e. The first-order valence-electron chi connectivity index (χ1n) is 8.79. The zero-order valence-corrected chi connectivity index (χ0v) is 14.1. The highest BCUT2D eigenvalue weighted by atomic mass is 14.6. The van der Waals surface area contributed by atoms with E-state index in [1.807, 2.05) is 5.57 Å². The molecule has 0 radical (unpaired) electrons. The average Bonchev–Trinajstić information content (AvgIpc) is 2.69. The standard InChI is InChI=1S/C20H32/c1-13(2)18-8-9-19-17-12-14(3)6-7-16(17)15(4)10-11-20(18,19)5/h12-13,17-19H,6-11H2,1-5H3/t17-,18+,19+,20-/m0/s1.